The molecule has 1 aromatic rings. The van der Waals surface area contributed by atoms with Crippen LogP contribution in [0, 0.1) is 11.6 Å². The highest BCUT2D eigenvalue weighted by molar-refractivity contribution is 8.13. The topological polar surface area (TPSA) is 24.4 Å². The molecule has 0 radical (unpaired) electrons. The van der Waals surface area contributed by atoms with Crippen LogP contribution >= 0.6 is 11.8 Å². The molecule has 0 saturated carbocycles. The van der Waals surface area contributed by atoms with Gasteiger partial charge in [0.15, 0.2) is 5.17 Å². The Balaban J connectivity index is 2.06. The van der Waals surface area contributed by atoms with Crippen LogP contribution in [-0.4, -0.2) is 16.5 Å². The lowest BCUT2D eigenvalue weighted by Gasteiger charge is -2.32. The fraction of sp³-hybridized carbons (Fsp3) is 0.462. The van der Waals surface area contributed by atoms with Crippen LogP contribution in [0.2, 0.25) is 0 Å². The zero-order chi connectivity index (χ0) is 13.2. The maximum Gasteiger partial charge on any atom is 0.157 e. The largest absolute Gasteiger partial charge is 0.360 e. The van der Waals surface area contributed by atoms with Crippen molar-refractivity contribution in [2.24, 2.45) is 4.99 Å². The molecule has 0 unspecified atom stereocenters. The van der Waals surface area contributed by atoms with Gasteiger partial charge in [0.25, 0.3) is 0 Å². The molecule has 1 aromatic carbocycles. The summed E-state index contributed by atoms with van der Waals surface area (Å²) < 4.78 is 26.2. The quantitative estimate of drug-likeness (QED) is 0.891. The standard InChI is InChI=1S/C13H16F2N2S/c1-13(2)5-6-18-12(17-13)16-8-9-3-4-10(14)7-11(9)15/h3-4,7H,5-6,8H2,1-2H3,(H,16,17). The number of rotatable bonds is 2. The highest BCUT2D eigenvalue weighted by atomic mass is 32.2. The molecule has 1 heterocycles. The minimum Gasteiger partial charge on any atom is -0.360 e. The number of nitrogens with zero attached hydrogens (tertiary/aromatic N) is 1. The molecule has 1 N–H and O–H groups in total. The molecule has 0 spiro atoms. The second-order valence-corrected chi connectivity index (χ2v) is 6.05. The third-order valence-corrected chi connectivity index (χ3v) is 3.73. The van der Waals surface area contributed by atoms with Crippen LogP contribution in [0.25, 0.3) is 0 Å². The molecule has 0 atom stereocenters. The third-order valence-electron chi connectivity index (χ3n) is 2.82. The van der Waals surface area contributed by atoms with E-state index in [0.29, 0.717) is 5.56 Å². The second-order valence-electron chi connectivity index (χ2n) is 4.96. The maximum atomic E-state index is 13.4. The van der Waals surface area contributed by atoms with E-state index in [9.17, 15) is 8.78 Å². The van der Waals surface area contributed by atoms with Crippen molar-refractivity contribution in [3.05, 3.63) is 35.4 Å². The maximum absolute atomic E-state index is 13.4. The van der Waals surface area contributed by atoms with Gasteiger partial charge < -0.3 is 5.32 Å². The van der Waals surface area contributed by atoms with Gasteiger partial charge in [-0.05, 0) is 26.3 Å². The van der Waals surface area contributed by atoms with Crippen molar-refractivity contribution in [2.75, 3.05) is 5.75 Å². The van der Waals surface area contributed by atoms with Gasteiger partial charge >= 0.3 is 0 Å². The molecular formula is C13H16F2N2S. The molecule has 0 aliphatic carbocycles. The number of aliphatic imine (C=N–C) groups is 1. The molecule has 1 aliphatic rings. The monoisotopic (exact) mass is 270 g/mol. The van der Waals surface area contributed by atoms with E-state index >= 15 is 0 Å². The van der Waals surface area contributed by atoms with Crippen LogP contribution in [0.3, 0.4) is 0 Å². The Bertz CT molecular complexity index is 472. The Morgan fingerprint density at radius 3 is 2.83 bits per heavy atom. The first-order valence-corrected chi connectivity index (χ1v) is 6.84. The molecule has 5 heteroatoms. The molecule has 0 aromatic heterocycles. The lowest BCUT2D eigenvalue weighted by molar-refractivity contribution is 0.446. The van der Waals surface area contributed by atoms with Crippen molar-refractivity contribution < 1.29 is 8.78 Å². The summed E-state index contributed by atoms with van der Waals surface area (Å²) in [6.07, 6.45) is 1.07. The number of thioether (sulfide) groups is 1. The minimum atomic E-state index is -0.560. The first-order chi connectivity index (χ1) is 8.46. The summed E-state index contributed by atoms with van der Waals surface area (Å²) in [5.41, 5.74) is 0.445. The van der Waals surface area contributed by atoms with Crippen LogP contribution in [0.4, 0.5) is 8.78 Å². The summed E-state index contributed by atoms with van der Waals surface area (Å²) in [7, 11) is 0. The van der Waals surface area contributed by atoms with Crippen molar-refractivity contribution in [3.63, 3.8) is 0 Å². The summed E-state index contributed by atoms with van der Waals surface area (Å²) in [5.74, 6) is -0.0975. The molecule has 2 nitrogen and oxygen atoms in total. The Hall–Kier alpha value is -1.10. The van der Waals surface area contributed by atoms with Crippen molar-refractivity contribution in [1.82, 2.24) is 5.32 Å². The summed E-state index contributed by atoms with van der Waals surface area (Å²) in [6.45, 7) is 4.46. The van der Waals surface area contributed by atoms with E-state index in [0.717, 1.165) is 23.4 Å². The number of hydrogen-bond acceptors (Lipinski definition) is 2. The average molecular weight is 270 g/mol. The lowest BCUT2D eigenvalue weighted by Crippen LogP contribution is -2.46. The Morgan fingerprint density at radius 2 is 2.17 bits per heavy atom. The number of amidine groups is 1. The summed E-state index contributed by atoms with van der Waals surface area (Å²) >= 11 is 1.64. The second kappa shape index (κ2) is 5.26. The molecule has 0 amide bonds. The van der Waals surface area contributed by atoms with Crippen molar-refractivity contribution in [3.8, 4) is 0 Å². The average Bonchev–Trinajstić information content (AvgIpc) is 2.26. The fourth-order valence-corrected chi connectivity index (χ4v) is 2.99. The van der Waals surface area contributed by atoms with Crippen LogP contribution < -0.4 is 5.32 Å². The van der Waals surface area contributed by atoms with Crippen molar-refractivity contribution in [2.45, 2.75) is 32.4 Å². The molecule has 1 fully saturated rings. The SMILES string of the molecule is CC1(C)CCSC(=NCc2ccc(F)cc2F)N1. The van der Waals surface area contributed by atoms with Crippen molar-refractivity contribution >= 4 is 16.9 Å². The Labute approximate surface area is 110 Å². The highest BCUT2D eigenvalue weighted by Crippen LogP contribution is 2.22. The van der Waals surface area contributed by atoms with Gasteiger partial charge in [-0.15, -0.1) is 0 Å². The Morgan fingerprint density at radius 1 is 1.39 bits per heavy atom. The van der Waals surface area contributed by atoms with Gasteiger partial charge in [0.05, 0.1) is 6.54 Å². The van der Waals surface area contributed by atoms with Crippen LogP contribution in [0.5, 0.6) is 0 Å². The van der Waals surface area contributed by atoms with Gasteiger partial charge in [0.1, 0.15) is 11.6 Å². The first kappa shape index (κ1) is 13.3. The van der Waals surface area contributed by atoms with Crippen LogP contribution in [0.15, 0.2) is 23.2 Å². The molecule has 0 bridgehead atoms. The lowest BCUT2D eigenvalue weighted by atomic mass is 10.0. The summed E-state index contributed by atoms with van der Waals surface area (Å²) in [4.78, 5) is 4.35. The molecule has 1 aliphatic heterocycles. The third kappa shape index (κ3) is 3.45. The van der Waals surface area contributed by atoms with E-state index in [2.05, 4.69) is 24.2 Å². The summed E-state index contributed by atoms with van der Waals surface area (Å²) in [5, 5.41) is 4.14. The van der Waals surface area contributed by atoms with Gasteiger partial charge in [0, 0.05) is 22.9 Å². The summed E-state index contributed by atoms with van der Waals surface area (Å²) in [6, 6.07) is 3.58. The van der Waals surface area contributed by atoms with Gasteiger partial charge in [-0.3, -0.25) is 4.99 Å². The van der Waals surface area contributed by atoms with E-state index in [-0.39, 0.29) is 12.1 Å². The predicted molar refractivity (Wildman–Crippen MR) is 71.8 cm³/mol. The normalized spacial score (nSPS) is 20.8. The Kier molecular flexibility index (Phi) is 3.90. The highest BCUT2D eigenvalue weighted by Gasteiger charge is 2.24. The van der Waals surface area contributed by atoms with E-state index in [1.165, 1.54) is 12.1 Å². The van der Waals surface area contributed by atoms with Crippen molar-refractivity contribution in [1.29, 1.82) is 0 Å². The molecule has 98 valence electrons. The van der Waals surface area contributed by atoms with Gasteiger partial charge in [-0.1, -0.05) is 17.8 Å². The van der Waals surface area contributed by atoms with E-state index < -0.39 is 11.6 Å². The van der Waals surface area contributed by atoms with Crippen LogP contribution in [-0.2, 0) is 6.54 Å². The smallest absolute Gasteiger partial charge is 0.157 e. The number of halogens is 2. The van der Waals surface area contributed by atoms with E-state index in [1.807, 2.05) is 0 Å². The minimum absolute atomic E-state index is 0.0332. The predicted octanol–water partition coefficient (Wildman–Crippen LogP) is 3.33. The zero-order valence-electron chi connectivity index (χ0n) is 10.5. The molecule has 1 saturated heterocycles. The van der Waals surface area contributed by atoms with E-state index in [4.69, 9.17) is 0 Å². The van der Waals surface area contributed by atoms with Gasteiger partial charge in [-0.2, -0.15) is 0 Å². The number of benzene rings is 1. The number of hydrogen-bond donors (Lipinski definition) is 1. The first-order valence-electron chi connectivity index (χ1n) is 5.86. The molecular weight excluding hydrogens is 254 g/mol. The van der Waals surface area contributed by atoms with Gasteiger partial charge in [0.2, 0.25) is 0 Å². The van der Waals surface area contributed by atoms with Crippen LogP contribution in [0.1, 0.15) is 25.8 Å². The zero-order valence-corrected chi connectivity index (χ0v) is 11.3. The molecule has 2 rings (SSSR count). The molecule has 18 heavy (non-hydrogen) atoms. The fourth-order valence-electron chi connectivity index (χ4n) is 1.68. The number of nitrogens with one attached hydrogen (secondary N) is 1. The van der Waals surface area contributed by atoms with E-state index in [1.54, 1.807) is 11.8 Å². The van der Waals surface area contributed by atoms with Gasteiger partial charge in [-0.25, -0.2) is 8.78 Å².